The number of likely N-dealkylation sites (tertiary alicyclic amines) is 1. The summed E-state index contributed by atoms with van der Waals surface area (Å²) in [6, 6.07) is 16.5. The third kappa shape index (κ3) is 7.13. The topological polar surface area (TPSA) is 152 Å². The van der Waals surface area contributed by atoms with E-state index in [-0.39, 0.29) is 18.2 Å². The van der Waals surface area contributed by atoms with Crippen LogP contribution < -0.4 is 10.6 Å². The van der Waals surface area contributed by atoms with E-state index in [9.17, 15) is 19.2 Å². The molecule has 12 nitrogen and oxygen atoms in total. The fourth-order valence-electron chi connectivity index (χ4n) is 5.37. The molecule has 2 N–H and O–H groups in total. The SMILES string of the molecule is CCC(NC(=O)C(C)N1CCCCC(NC(=O)c2cnc3ccccc3c2)C1=O)C(=O)Cn1nnnc1Cc1ccccc1. The van der Waals surface area contributed by atoms with Crippen LogP contribution in [0, 0.1) is 0 Å². The second-order valence-electron chi connectivity index (χ2n) is 11.0. The molecule has 44 heavy (non-hydrogen) atoms. The van der Waals surface area contributed by atoms with Crippen LogP contribution in [0.2, 0.25) is 0 Å². The Morgan fingerprint density at radius 3 is 2.61 bits per heavy atom. The van der Waals surface area contributed by atoms with E-state index < -0.39 is 29.9 Å². The molecule has 2 aromatic heterocycles. The second-order valence-corrected chi connectivity index (χ2v) is 11.0. The Morgan fingerprint density at radius 1 is 1.05 bits per heavy atom. The van der Waals surface area contributed by atoms with Crippen molar-refractivity contribution in [2.45, 2.75) is 70.6 Å². The monoisotopic (exact) mass is 596 g/mol. The number of fused-ring (bicyclic) bond motifs is 1. The summed E-state index contributed by atoms with van der Waals surface area (Å²) in [6.07, 6.45) is 4.18. The molecule has 0 aliphatic carbocycles. The van der Waals surface area contributed by atoms with Gasteiger partial charge in [-0.05, 0) is 60.7 Å². The van der Waals surface area contributed by atoms with E-state index in [2.05, 4.69) is 31.1 Å². The molecule has 3 amide bonds. The lowest BCUT2D eigenvalue weighted by Gasteiger charge is -2.30. The number of Topliss-reactive ketones (excluding diaryl/α,β-unsaturated/α-hetero) is 1. The number of carbonyl (C=O) groups is 4. The summed E-state index contributed by atoms with van der Waals surface area (Å²) in [4.78, 5) is 59.1. The maximum Gasteiger partial charge on any atom is 0.253 e. The summed E-state index contributed by atoms with van der Waals surface area (Å²) in [7, 11) is 0. The molecule has 1 aliphatic heterocycles. The third-order valence-electron chi connectivity index (χ3n) is 7.96. The average molecular weight is 597 g/mol. The van der Waals surface area contributed by atoms with E-state index in [4.69, 9.17) is 0 Å². The van der Waals surface area contributed by atoms with Crippen molar-refractivity contribution < 1.29 is 19.2 Å². The molecule has 228 valence electrons. The Morgan fingerprint density at radius 2 is 1.82 bits per heavy atom. The van der Waals surface area contributed by atoms with Gasteiger partial charge >= 0.3 is 0 Å². The van der Waals surface area contributed by atoms with Crippen LogP contribution in [0.15, 0.2) is 66.9 Å². The predicted octanol–water partition coefficient (Wildman–Crippen LogP) is 2.48. The smallest absolute Gasteiger partial charge is 0.253 e. The van der Waals surface area contributed by atoms with Gasteiger partial charge in [0.1, 0.15) is 18.6 Å². The highest BCUT2D eigenvalue weighted by Crippen LogP contribution is 2.18. The molecular formula is C32H36N8O4. The summed E-state index contributed by atoms with van der Waals surface area (Å²) < 4.78 is 1.45. The molecule has 0 spiro atoms. The summed E-state index contributed by atoms with van der Waals surface area (Å²) >= 11 is 0. The van der Waals surface area contributed by atoms with Crippen LogP contribution in [-0.4, -0.2) is 78.3 Å². The first-order valence-electron chi connectivity index (χ1n) is 14.9. The maximum absolute atomic E-state index is 13.6. The van der Waals surface area contributed by atoms with Gasteiger partial charge in [-0.3, -0.25) is 24.2 Å². The summed E-state index contributed by atoms with van der Waals surface area (Å²) in [6.45, 7) is 3.72. The number of carbonyl (C=O) groups excluding carboxylic acids is 4. The molecule has 0 saturated carbocycles. The van der Waals surface area contributed by atoms with Crippen molar-refractivity contribution in [2.24, 2.45) is 0 Å². The Labute approximate surface area is 255 Å². The van der Waals surface area contributed by atoms with Gasteiger partial charge in [-0.2, -0.15) is 0 Å². The van der Waals surface area contributed by atoms with Gasteiger partial charge in [0.2, 0.25) is 11.8 Å². The molecule has 0 radical (unpaired) electrons. The second kappa shape index (κ2) is 14.0. The first-order chi connectivity index (χ1) is 21.3. The van der Waals surface area contributed by atoms with E-state index in [0.29, 0.717) is 50.0 Å². The summed E-state index contributed by atoms with van der Waals surface area (Å²) in [5, 5.41) is 18.3. The number of aromatic nitrogens is 5. The van der Waals surface area contributed by atoms with Gasteiger partial charge in [0, 0.05) is 24.5 Å². The molecule has 0 bridgehead atoms. The van der Waals surface area contributed by atoms with Crippen LogP contribution in [0.1, 0.15) is 61.3 Å². The summed E-state index contributed by atoms with van der Waals surface area (Å²) in [5.74, 6) is -0.865. The Hall–Kier alpha value is -5.00. The van der Waals surface area contributed by atoms with Crippen LogP contribution in [0.5, 0.6) is 0 Å². The van der Waals surface area contributed by atoms with Gasteiger partial charge in [0.25, 0.3) is 5.91 Å². The number of pyridine rings is 1. The molecule has 1 aliphatic rings. The van der Waals surface area contributed by atoms with Crippen LogP contribution in [0.25, 0.3) is 10.9 Å². The van der Waals surface area contributed by atoms with Crippen LogP contribution >= 0.6 is 0 Å². The molecule has 1 saturated heterocycles. The van der Waals surface area contributed by atoms with Crippen LogP contribution in [0.3, 0.4) is 0 Å². The Balaban J connectivity index is 1.20. The lowest BCUT2D eigenvalue weighted by Crippen LogP contribution is -2.56. The fraction of sp³-hybridized carbons (Fsp3) is 0.375. The standard InChI is InChI=1S/C32H36N8O4/c1-3-25(28(41)20-40-29(36-37-38-40)17-22-11-5-4-6-12-22)34-30(42)21(2)39-16-10-9-15-27(32(39)44)35-31(43)24-18-23-13-7-8-14-26(23)33-19-24/h4-8,11-14,18-19,21,25,27H,3,9-10,15-17,20H2,1-2H3,(H,34,42)(H,35,43). The van der Waals surface area contributed by atoms with Gasteiger partial charge in [-0.15, -0.1) is 5.10 Å². The van der Waals surface area contributed by atoms with Crippen molar-refractivity contribution in [3.8, 4) is 0 Å². The predicted molar refractivity (Wildman–Crippen MR) is 162 cm³/mol. The average Bonchev–Trinajstić information content (AvgIpc) is 3.39. The number of ketones is 1. The van der Waals surface area contributed by atoms with Crippen LogP contribution in [-0.2, 0) is 27.3 Å². The number of benzene rings is 2. The zero-order valence-electron chi connectivity index (χ0n) is 24.8. The minimum absolute atomic E-state index is 0.0945. The number of nitrogens with one attached hydrogen (secondary N) is 2. The van der Waals surface area contributed by atoms with Crippen molar-refractivity contribution in [3.63, 3.8) is 0 Å². The normalized spacial score (nSPS) is 16.6. The van der Waals surface area contributed by atoms with Gasteiger partial charge in [-0.1, -0.05) is 55.5 Å². The Kier molecular flexibility index (Phi) is 9.68. The van der Waals surface area contributed by atoms with Crippen molar-refractivity contribution in [1.82, 2.24) is 40.7 Å². The number of para-hydroxylation sites is 1. The van der Waals surface area contributed by atoms with E-state index in [1.54, 1.807) is 13.0 Å². The minimum Gasteiger partial charge on any atom is -0.344 e. The quantitative estimate of drug-likeness (QED) is 0.268. The number of tetrazole rings is 1. The maximum atomic E-state index is 13.6. The number of hydrogen-bond acceptors (Lipinski definition) is 8. The highest BCUT2D eigenvalue weighted by Gasteiger charge is 2.35. The third-order valence-corrected chi connectivity index (χ3v) is 7.96. The zero-order valence-corrected chi connectivity index (χ0v) is 24.8. The lowest BCUT2D eigenvalue weighted by molar-refractivity contribution is -0.141. The van der Waals surface area contributed by atoms with Gasteiger partial charge in [0.05, 0.1) is 17.1 Å². The highest BCUT2D eigenvalue weighted by molar-refractivity contribution is 6.00. The van der Waals surface area contributed by atoms with Crippen molar-refractivity contribution in [1.29, 1.82) is 0 Å². The lowest BCUT2D eigenvalue weighted by atomic mass is 10.1. The van der Waals surface area contributed by atoms with E-state index >= 15 is 0 Å². The molecule has 2 aromatic carbocycles. The fourth-order valence-corrected chi connectivity index (χ4v) is 5.37. The largest absolute Gasteiger partial charge is 0.344 e. The van der Waals surface area contributed by atoms with E-state index in [1.807, 2.05) is 61.5 Å². The Bertz CT molecular complexity index is 1640. The van der Waals surface area contributed by atoms with Crippen molar-refractivity contribution in [3.05, 3.63) is 83.8 Å². The number of hydrogen-bond donors (Lipinski definition) is 2. The first-order valence-corrected chi connectivity index (χ1v) is 14.9. The summed E-state index contributed by atoms with van der Waals surface area (Å²) in [5.41, 5.74) is 2.14. The van der Waals surface area contributed by atoms with Gasteiger partial charge in [0.15, 0.2) is 11.6 Å². The van der Waals surface area contributed by atoms with Crippen molar-refractivity contribution >= 4 is 34.4 Å². The minimum atomic E-state index is -0.842. The zero-order chi connectivity index (χ0) is 31.1. The molecule has 1 fully saturated rings. The van der Waals surface area contributed by atoms with Gasteiger partial charge in [-0.25, -0.2) is 4.68 Å². The molecule has 5 rings (SSSR count). The number of nitrogens with zero attached hydrogens (tertiary/aromatic N) is 6. The molecule has 4 aromatic rings. The molecule has 3 unspecified atom stereocenters. The molecular weight excluding hydrogens is 560 g/mol. The van der Waals surface area contributed by atoms with Crippen LogP contribution in [0.4, 0.5) is 0 Å². The number of amides is 3. The molecule has 3 heterocycles. The molecule has 3 atom stereocenters. The molecule has 12 heteroatoms. The first kappa shape index (κ1) is 30.5. The van der Waals surface area contributed by atoms with Crippen molar-refractivity contribution in [2.75, 3.05) is 6.54 Å². The van der Waals surface area contributed by atoms with E-state index in [1.165, 1.54) is 15.8 Å². The van der Waals surface area contributed by atoms with E-state index in [0.717, 1.165) is 16.5 Å². The number of rotatable bonds is 11. The highest BCUT2D eigenvalue weighted by atomic mass is 16.2. The van der Waals surface area contributed by atoms with Gasteiger partial charge < -0.3 is 15.5 Å².